The second-order valence-corrected chi connectivity index (χ2v) is 4.63. The van der Waals surface area contributed by atoms with Crippen molar-refractivity contribution in [2.75, 3.05) is 13.4 Å². The Kier molecular flexibility index (Phi) is 4.64. The van der Waals surface area contributed by atoms with Crippen molar-refractivity contribution in [2.45, 2.75) is 12.5 Å². The molecule has 0 aromatic rings. The van der Waals surface area contributed by atoms with E-state index in [0.717, 1.165) is 11.7 Å². The first-order valence-corrected chi connectivity index (χ1v) is 5.59. The third kappa shape index (κ3) is 7.48. The molecule has 0 saturated heterocycles. The first-order valence-electron chi connectivity index (χ1n) is 3.63. The number of methoxy groups -OCH3 is 1. The lowest BCUT2D eigenvalue weighted by molar-refractivity contribution is -0.402. The zero-order valence-corrected chi connectivity index (χ0v) is 8.50. The third-order valence-electron chi connectivity index (χ3n) is 1.25. The van der Waals surface area contributed by atoms with Crippen molar-refractivity contribution in [3.05, 3.63) is 11.5 Å². The molecule has 1 unspecified atom stereocenters. The highest BCUT2D eigenvalue weighted by molar-refractivity contribution is 7.93. The number of carbonyl (C=O) groups excluding carboxylic acids is 1. The fourth-order valence-electron chi connectivity index (χ4n) is 0.619. The minimum absolute atomic E-state index is 0.0858. The van der Waals surface area contributed by atoms with Crippen LogP contribution in [0, 0.1) is 0 Å². The van der Waals surface area contributed by atoms with E-state index in [0.29, 0.717) is 0 Å². The molecule has 0 saturated carbocycles. The van der Waals surface area contributed by atoms with Gasteiger partial charge in [0.05, 0.1) is 7.11 Å². The summed E-state index contributed by atoms with van der Waals surface area (Å²) >= 11 is 0. The molecule has 0 aromatic heterocycles. The van der Waals surface area contributed by atoms with E-state index in [1.807, 2.05) is 0 Å². The average molecular weight is 208 g/mol. The summed E-state index contributed by atoms with van der Waals surface area (Å²) in [6, 6.07) is -0.373. The number of esters is 1. The van der Waals surface area contributed by atoms with Gasteiger partial charge in [0, 0.05) is 11.7 Å². The van der Waals surface area contributed by atoms with Crippen LogP contribution in [0.3, 0.4) is 0 Å². The Morgan fingerprint density at radius 3 is 2.54 bits per heavy atom. The second-order valence-electron chi connectivity index (χ2n) is 2.70. The highest BCUT2D eigenvalue weighted by atomic mass is 32.2. The summed E-state index contributed by atoms with van der Waals surface area (Å²) in [7, 11) is -1.86. The van der Waals surface area contributed by atoms with Crippen LogP contribution in [0.2, 0.25) is 0 Å². The van der Waals surface area contributed by atoms with Crippen LogP contribution in [0.15, 0.2) is 11.5 Å². The maximum Gasteiger partial charge on any atom is 0.311 e. The van der Waals surface area contributed by atoms with Crippen molar-refractivity contribution in [3.8, 4) is 0 Å². The maximum absolute atomic E-state index is 10.7. The van der Waals surface area contributed by atoms with Crippen molar-refractivity contribution < 1.29 is 23.7 Å². The second kappa shape index (κ2) is 4.98. The molecule has 5 nitrogen and oxygen atoms in total. The van der Waals surface area contributed by atoms with Crippen molar-refractivity contribution in [3.63, 3.8) is 0 Å². The fraction of sp³-hybridized carbons (Fsp3) is 0.571. The van der Waals surface area contributed by atoms with E-state index in [1.54, 1.807) is 0 Å². The highest BCUT2D eigenvalue weighted by Crippen LogP contribution is 1.93. The van der Waals surface area contributed by atoms with Crippen LogP contribution in [-0.2, 0) is 19.4 Å². The summed E-state index contributed by atoms with van der Waals surface area (Å²) in [5.74, 6) is -0.404. The molecule has 0 aliphatic carbocycles. The van der Waals surface area contributed by atoms with Gasteiger partial charge in [-0.15, -0.1) is 0 Å². The number of carbonyl (C=O) groups is 1. The molecule has 0 amide bonds. The van der Waals surface area contributed by atoms with Gasteiger partial charge in [0.2, 0.25) is 0 Å². The molecule has 0 radical (unpaired) electrons. The first-order chi connectivity index (χ1) is 5.85. The Bertz CT molecular complexity index is 294. The summed E-state index contributed by atoms with van der Waals surface area (Å²) in [4.78, 5) is 10.7. The van der Waals surface area contributed by atoms with Crippen LogP contribution in [0.25, 0.3) is 0 Å². The summed E-state index contributed by atoms with van der Waals surface area (Å²) in [5.41, 5.74) is 3.58. The third-order valence-corrected chi connectivity index (χ3v) is 1.91. The van der Waals surface area contributed by atoms with Gasteiger partial charge in [0.25, 0.3) is 0 Å². The molecule has 0 fully saturated rings. The van der Waals surface area contributed by atoms with Crippen molar-refractivity contribution in [1.29, 1.82) is 0 Å². The lowest BCUT2D eigenvalue weighted by Crippen LogP contribution is -2.60. The lowest BCUT2D eigenvalue weighted by atomic mass is 10.2. The van der Waals surface area contributed by atoms with Gasteiger partial charge in [0.1, 0.15) is 12.5 Å². The summed E-state index contributed by atoms with van der Waals surface area (Å²) < 4.78 is 25.7. The van der Waals surface area contributed by atoms with E-state index in [-0.39, 0.29) is 12.5 Å². The van der Waals surface area contributed by atoms with E-state index in [4.69, 9.17) is 0 Å². The zero-order chi connectivity index (χ0) is 10.5. The van der Waals surface area contributed by atoms with E-state index in [9.17, 15) is 13.2 Å². The Labute approximate surface area is 77.5 Å². The Balaban J connectivity index is 4.09. The lowest BCUT2D eigenvalue weighted by Gasteiger charge is -2.00. The predicted molar refractivity (Wildman–Crippen MR) is 47.3 cm³/mol. The van der Waals surface area contributed by atoms with Crippen molar-refractivity contribution >= 4 is 15.8 Å². The minimum atomic E-state index is -3.13. The fourth-order valence-corrected chi connectivity index (χ4v) is 1.13. The SMILES string of the molecule is COC(=O)CC([NH3+])C=CS(C)(=O)=O. The molecule has 6 heteroatoms. The predicted octanol–water partition coefficient (Wildman–Crippen LogP) is -1.28. The van der Waals surface area contributed by atoms with Crippen molar-refractivity contribution in [1.82, 2.24) is 0 Å². The Morgan fingerprint density at radius 2 is 2.15 bits per heavy atom. The van der Waals surface area contributed by atoms with Gasteiger partial charge < -0.3 is 10.5 Å². The van der Waals surface area contributed by atoms with Crippen LogP contribution in [0.1, 0.15) is 6.42 Å². The summed E-state index contributed by atoms with van der Waals surface area (Å²) in [6.07, 6.45) is 2.53. The molecule has 0 bridgehead atoms. The molecule has 0 spiro atoms. The normalized spacial score (nSPS) is 14.4. The van der Waals surface area contributed by atoms with Gasteiger partial charge >= 0.3 is 5.97 Å². The van der Waals surface area contributed by atoms with Crippen LogP contribution < -0.4 is 5.73 Å². The Morgan fingerprint density at radius 1 is 1.62 bits per heavy atom. The number of hydrogen-bond acceptors (Lipinski definition) is 4. The van der Waals surface area contributed by atoms with Gasteiger partial charge in [-0.2, -0.15) is 0 Å². The van der Waals surface area contributed by atoms with Gasteiger partial charge in [-0.3, -0.25) is 4.79 Å². The van der Waals surface area contributed by atoms with E-state index >= 15 is 0 Å². The smallest absolute Gasteiger partial charge is 0.311 e. The van der Waals surface area contributed by atoms with E-state index in [2.05, 4.69) is 10.5 Å². The van der Waals surface area contributed by atoms with Gasteiger partial charge in [0.15, 0.2) is 9.84 Å². The quantitative estimate of drug-likeness (QED) is 0.583. The first kappa shape index (κ1) is 12.1. The van der Waals surface area contributed by atoms with Crippen LogP contribution in [-0.4, -0.2) is 33.8 Å². The number of quaternary nitrogens is 1. The minimum Gasteiger partial charge on any atom is -0.469 e. The molecule has 0 aliphatic heterocycles. The van der Waals surface area contributed by atoms with Crippen LogP contribution in [0.4, 0.5) is 0 Å². The molecule has 0 aromatic carbocycles. The topological polar surface area (TPSA) is 88.1 Å². The molecule has 3 N–H and O–H groups in total. The summed E-state index contributed by atoms with van der Waals surface area (Å²) in [6.45, 7) is 0. The summed E-state index contributed by atoms with van der Waals surface area (Å²) in [5, 5.41) is 1.04. The monoisotopic (exact) mass is 208 g/mol. The van der Waals surface area contributed by atoms with Gasteiger partial charge in [-0.1, -0.05) is 0 Å². The van der Waals surface area contributed by atoms with Crippen molar-refractivity contribution in [2.24, 2.45) is 0 Å². The molecular weight excluding hydrogens is 194 g/mol. The Hall–Kier alpha value is -0.880. The number of hydrogen-bond donors (Lipinski definition) is 1. The average Bonchev–Trinajstić information content (AvgIpc) is 1.99. The molecule has 76 valence electrons. The molecule has 0 rings (SSSR count). The number of ether oxygens (including phenoxy) is 1. The highest BCUT2D eigenvalue weighted by Gasteiger charge is 2.09. The largest absolute Gasteiger partial charge is 0.469 e. The molecule has 1 atom stereocenters. The van der Waals surface area contributed by atoms with E-state index in [1.165, 1.54) is 13.2 Å². The molecule has 0 heterocycles. The maximum atomic E-state index is 10.7. The van der Waals surface area contributed by atoms with E-state index < -0.39 is 15.8 Å². The van der Waals surface area contributed by atoms with Gasteiger partial charge in [-0.25, -0.2) is 8.42 Å². The molecule has 0 aliphatic rings. The molecular formula is C7H14NO4S+. The molecule has 13 heavy (non-hydrogen) atoms. The van der Waals surface area contributed by atoms with Crippen LogP contribution >= 0.6 is 0 Å². The number of sulfone groups is 1. The standard InChI is InChI=1S/C7H13NO4S/c1-12-7(9)5-6(8)3-4-13(2,10)11/h3-4,6H,5,8H2,1-2H3/p+1. The van der Waals surface area contributed by atoms with Gasteiger partial charge in [-0.05, 0) is 6.08 Å². The zero-order valence-electron chi connectivity index (χ0n) is 7.69. The number of rotatable bonds is 4. The van der Waals surface area contributed by atoms with Crippen LogP contribution in [0.5, 0.6) is 0 Å².